The predicted octanol–water partition coefficient (Wildman–Crippen LogP) is 4.23. The molecule has 27 heavy (non-hydrogen) atoms. The zero-order valence-electron chi connectivity index (χ0n) is 15.4. The molecule has 6 nitrogen and oxygen atoms in total. The van der Waals surface area contributed by atoms with Crippen LogP contribution >= 0.6 is 22.9 Å². The van der Waals surface area contributed by atoms with Crippen LogP contribution in [-0.2, 0) is 13.0 Å². The second-order valence-corrected chi connectivity index (χ2v) is 8.69. The molecular formula is C19H22ClN5OS. The molecule has 0 bridgehead atoms. The van der Waals surface area contributed by atoms with Crippen LogP contribution in [0.5, 0.6) is 0 Å². The molecule has 0 saturated heterocycles. The molecule has 0 fully saturated rings. The highest BCUT2D eigenvalue weighted by Gasteiger charge is 2.26. The maximum atomic E-state index is 12.4. The van der Waals surface area contributed by atoms with Crippen LogP contribution in [0.3, 0.4) is 0 Å². The van der Waals surface area contributed by atoms with Gasteiger partial charge in [-0.3, -0.25) is 0 Å². The van der Waals surface area contributed by atoms with Gasteiger partial charge in [-0.15, -0.1) is 5.10 Å². The lowest BCUT2D eigenvalue weighted by molar-refractivity contribution is 0.192. The Kier molecular flexibility index (Phi) is 5.06. The number of carbonyl (C=O) groups excluding carboxylic acids is 1. The average Bonchev–Trinajstić information content (AvgIpc) is 3.19. The molecule has 3 aromatic rings. The third kappa shape index (κ3) is 3.80. The van der Waals surface area contributed by atoms with E-state index in [4.69, 9.17) is 11.6 Å². The number of amides is 2. The van der Waals surface area contributed by atoms with Gasteiger partial charge in [-0.05, 0) is 36.6 Å². The number of hydrogen-bond acceptors (Lipinski definition) is 4. The van der Waals surface area contributed by atoms with Crippen LogP contribution in [0.2, 0.25) is 5.02 Å². The van der Waals surface area contributed by atoms with E-state index in [1.165, 1.54) is 0 Å². The highest BCUT2D eigenvalue weighted by Crippen LogP contribution is 2.29. The van der Waals surface area contributed by atoms with Crippen molar-refractivity contribution in [3.8, 4) is 11.4 Å². The Morgan fingerprint density at radius 1 is 1.33 bits per heavy atom. The largest absolute Gasteiger partial charge is 0.338 e. The summed E-state index contributed by atoms with van der Waals surface area (Å²) in [6.07, 6.45) is 1.78. The summed E-state index contributed by atoms with van der Waals surface area (Å²) in [6.45, 7) is 6.36. The molecule has 8 heteroatoms. The van der Waals surface area contributed by atoms with E-state index in [0.717, 1.165) is 40.5 Å². The van der Waals surface area contributed by atoms with Crippen LogP contribution in [0, 0.1) is 5.92 Å². The lowest BCUT2D eigenvalue weighted by Crippen LogP contribution is -2.43. The van der Waals surface area contributed by atoms with Gasteiger partial charge in [0.2, 0.25) is 4.96 Å². The Morgan fingerprint density at radius 2 is 2.11 bits per heavy atom. The fraction of sp³-hybridized carbons (Fsp3) is 0.421. The number of thiazole rings is 1. The lowest BCUT2D eigenvalue weighted by atomic mass is 10.1. The quantitative estimate of drug-likeness (QED) is 0.709. The van der Waals surface area contributed by atoms with Gasteiger partial charge in [-0.2, -0.15) is 4.98 Å². The van der Waals surface area contributed by atoms with Crippen molar-refractivity contribution in [2.24, 2.45) is 5.92 Å². The van der Waals surface area contributed by atoms with Crippen LogP contribution in [0.25, 0.3) is 16.3 Å². The molecule has 1 aliphatic heterocycles. The number of fused-ring (bicyclic) bond motifs is 3. The smallest absolute Gasteiger partial charge is 0.317 e. The third-order valence-corrected chi connectivity index (χ3v) is 6.02. The molecule has 0 unspecified atom stereocenters. The van der Waals surface area contributed by atoms with Crippen molar-refractivity contribution >= 4 is 33.9 Å². The number of nitrogens with one attached hydrogen (secondary N) is 1. The Hall–Kier alpha value is -2.12. The van der Waals surface area contributed by atoms with E-state index in [-0.39, 0.29) is 6.03 Å². The van der Waals surface area contributed by atoms with Crippen molar-refractivity contribution in [1.29, 1.82) is 0 Å². The summed E-state index contributed by atoms with van der Waals surface area (Å²) in [5.74, 6) is 1.29. The first-order valence-corrected chi connectivity index (χ1v) is 10.4. The normalized spacial score (nSPS) is 14.0. The minimum absolute atomic E-state index is 0.0159. The summed E-state index contributed by atoms with van der Waals surface area (Å²) in [5, 5.41) is 8.40. The van der Waals surface area contributed by atoms with Gasteiger partial charge in [0.25, 0.3) is 0 Å². The fourth-order valence-corrected chi connectivity index (χ4v) is 4.41. The second-order valence-electron chi connectivity index (χ2n) is 7.19. The van der Waals surface area contributed by atoms with Crippen LogP contribution in [0.15, 0.2) is 24.3 Å². The van der Waals surface area contributed by atoms with Crippen LogP contribution < -0.4 is 5.32 Å². The molecule has 1 N–H and O–H groups in total. The minimum Gasteiger partial charge on any atom is -0.338 e. The first-order chi connectivity index (χ1) is 13.0. The Balaban J connectivity index is 1.49. The first kappa shape index (κ1) is 18.3. The molecule has 0 saturated carbocycles. The SMILES string of the molecule is CC(C)CCNC(=O)N1CCc2c(sc3nc(-c4ccc(Cl)cc4)nn23)C1. The monoisotopic (exact) mass is 403 g/mol. The summed E-state index contributed by atoms with van der Waals surface area (Å²) >= 11 is 7.57. The number of aromatic nitrogens is 3. The van der Waals surface area contributed by atoms with E-state index in [1.807, 2.05) is 33.7 Å². The van der Waals surface area contributed by atoms with E-state index >= 15 is 0 Å². The third-order valence-electron chi connectivity index (χ3n) is 4.71. The molecule has 0 spiro atoms. The average molecular weight is 404 g/mol. The summed E-state index contributed by atoms with van der Waals surface area (Å²) < 4.78 is 1.93. The molecule has 4 rings (SSSR count). The molecule has 3 heterocycles. The molecule has 1 aliphatic rings. The topological polar surface area (TPSA) is 62.5 Å². The van der Waals surface area contributed by atoms with Crippen molar-refractivity contribution in [3.63, 3.8) is 0 Å². The number of rotatable bonds is 4. The van der Waals surface area contributed by atoms with E-state index in [1.54, 1.807) is 11.3 Å². The van der Waals surface area contributed by atoms with Gasteiger partial charge in [-0.1, -0.05) is 36.8 Å². The molecule has 1 aromatic carbocycles. The van der Waals surface area contributed by atoms with Crippen LogP contribution in [0.1, 0.15) is 30.8 Å². The van der Waals surface area contributed by atoms with Gasteiger partial charge in [-0.25, -0.2) is 9.31 Å². The Labute approximate surface area is 167 Å². The summed E-state index contributed by atoms with van der Waals surface area (Å²) in [6, 6.07) is 7.56. The van der Waals surface area contributed by atoms with E-state index in [9.17, 15) is 4.79 Å². The van der Waals surface area contributed by atoms with Crippen molar-refractivity contribution < 1.29 is 4.79 Å². The molecule has 0 radical (unpaired) electrons. The van der Waals surface area contributed by atoms with E-state index < -0.39 is 0 Å². The zero-order chi connectivity index (χ0) is 19.0. The number of carbonyl (C=O) groups is 1. The Bertz CT molecular complexity index is 963. The predicted molar refractivity (Wildman–Crippen MR) is 108 cm³/mol. The van der Waals surface area contributed by atoms with E-state index in [0.29, 0.717) is 29.9 Å². The first-order valence-electron chi connectivity index (χ1n) is 9.17. The maximum Gasteiger partial charge on any atom is 0.317 e. The van der Waals surface area contributed by atoms with Crippen molar-refractivity contribution in [1.82, 2.24) is 24.8 Å². The molecule has 0 atom stereocenters. The second kappa shape index (κ2) is 7.48. The summed E-state index contributed by atoms with van der Waals surface area (Å²) in [5.41, 5.74) is 2.11. The molecule has 0 aliphatic carbocycles. The number of urea groups is 1. The van der Waals surface area contributed by atoms with Gasteiger partial charge in [0.1, 0.15) is 0 Å². The number of nitrogens with zero attached hydrogens (tertiary/aromatic N) is 4. The van der Waals surface area contributed by atoms with Crippen LogP contribution in [-0.4, -0.2) is 38.6 Å². The highest BCUT2D eigenvalue weighted by atomic mass is 35.5. The molecular weight excluding hydrogens is 382 g/mol. The fourth-order valence-electron chi connectivity index (χ4n) is 3.16. The molecule has 2 aromatic heterocycles. The van der Waals surface area contributed by atoms with Gasteiger partial charge in [0.05, 0.1) is 12.2 Å². The van der Waals surface area contributed by atoms with Gasteiger partial charge in [0.15, 0.2) is 5.82 Å². The zero-order valence-corrected chi connectivity index (χ0v) is 17.0. The number of hydrogen-bond donors (Lipinski definition) is 1. The summed E-state index contributed by atoms with van der Waals surface area (Å²) in [4.78, 5) is 21.0. The Morgan fingerprint density at radius 3 is 2.85 bits per heavy atom. The minimum atomic E-state index is 0.0159. The number of benzene rings is 1. The standard InChI is InChI=1S/C19H22ClN5OS/c1-12(2)7-9-21-18(26)24-10-8-15-16(11-24)27-19-22-17(23-25(15)19)13-3-5-14(20)6-4-13/h3-6,12H,7-11H2,1-2H3,(H,21,26). The van der Waals surface area contributed by atoms with Gasteiger partial charge in [0, 0.05) is 35.0 Å². The van der Waals surface area contributed by atoms with Crippen molar-refractivity contribution in [3.05, 3.63) is 39.9 Å². The van der Waals surface area contributed by atoms with Crippen molar-refractivity contribution in [2.75, 3.05) is 13.1 Å². The number of halogens is 1. The van der Waals surface area contributed by atoms with Crippen molar-refractivity contribution in [2.45, 2.75) is 33.2 Å². The molecule has 142 valence electrons. The molecule has 2 amide bonds. The summed E-state index contributed by atoms with van der Waals surface area (Å²) in [7, 11) is 0. The van der Waals surface area contributed by atoms with E-state index in [2.05, 4.69) is 29.2 Å². The lowest BCUT2D eigenvalue weighted by Gasteiger charge is -2.26. The van der Waals surface area contributed by atoms with Gasteiger partial charge >= 0.3 is 6.03 Å². The van der Waals surface area contributed by atoms with Crippen LogP contribution in [0.4, 0.5) is 4.79 Å². The highest BCUT2D eigenvalue weighted by molar-refractivity contribution is 7.17. The van der Waals surface area contributed by atoms with Gasteiger partial charge < -0.3 is 10.2 Å². The maximum absolute atomic E-state index is 12.4.